The molecule has 30 heavy (non-hydrogen) atoms. The van der Waals surface area contributed by atoms with E-state index in [2.05, 4.69) is 24.9 Å². The first-order chi connectivity index (χ1) is 14.3. The van der Waals surface area contributed by atoms with E-state index in [1.165, 1.54) is 0 Å². The van der Waals surface area contributed by atoms with Gasteiger partial charge in [-0.15, -0.1) is 0 Å². The third-order valence-corrected chi connectivity index (χ3v) is 6.18. The maximum absolute atomic E-state index is 12.4. The van der Waals surface area contributed by atoms with E-state index in [4.69, 9.17) is 5.73 Å². The van der Waals surface area contributed by atoms with E-state index in [1.54, 1.807) is 13.1 Å². The van der Waals surface area contributed by atoms with Crippen molar-refractivity contribution in [2.75, 3.05) is 12.8 Å². The van der Waals surface area contributed by atoms with Gasteiger partial charge < -0.3 is 16.2 Å². The van der Waals surface area contributed by atoms with E-state index < -0.39 is 5.41 Å². The Morgan fingerprint density at radius 1 is 1.03 bits per heavy atom. The minimum absolute atomic E-state index is 0.132. The molecule has 1 aliphatic carbocycles. The molecule has 152 valence electrons. The number of hydrogen-bond acceptors (Lipinski definition) is 3. The molecule has 4 N–H and O–H groups in total. The molecule has 0 fully saturated rings. The number of nitrogens with two attached hydrogens (primary N) is 1. The summed E-state index contributed by atoms with van der Waals surface area (Å²) in [5, 5.41) is 12.8. The number of carbonyl (C=O) groups is 1. The number of rotatable bonds is 3. The molecular formula is C26H26N2O2. The Balaban J connectivity index is 2.10. The maximum atomic E-state index is 12.4. The molecule has 1 aliphatic rings. The van der Waals surface area contributed by atoms with Gasteiger partial charge in [0.1, 0.15) is 5.75 Å². The second-order valence-electron chi connectivity index (χ2n) is 8.18. The summed E-state index contributed by atoms with van der Waals surface area (Å²) in [6, 6.07) is 17.3. The number of fused-ring (bicyclic) bond motifs is 2. The lowest BCUT2D eigenvalue weighted by molar-refractivity contribution is 0.0963. The highest BCUT2D eigenvalue weighted by Crippen LogP contribution is 2.49. The van der Waals surface area contributed by atoms with Crippen molar-refractivity contribution in [3.8, 4) is 5.75 Å². The van der Waals surface area contributed by atoms with Crippen LogP contribution in [0, 0.1) is 0 Å². The summed E-state index contributed by atoms with van der Waals surface area (Å²) in [6.07, 6.45) is 0.692. The van der Waals surface area contributed by atoms with Crippen molar-refractivity contribution in [1.82, 2.24) is 5.32 Å². The zero-order chi connectivity index (χ0) is 21.6. The van der Waals surface area contributed by atoms with Gasteiger partial charge in [-0.3, -0.25) is 4.79 Å². The van der Waals surface area contributed by atoms with Crippen molar-refractivity contribution < 1.29 is 9.90 Å². The minimum atomic E-state index is -0.539. The zero-order valence-electron chi connectivity index (χ0n) is 17.5. The van der Waals surface area contributed by atoms with Gasteiger partial charge in [0.2, 0.25) is 0 Å². The molecule has 1 unspecified atom stereocenters. The Bertz CT molecular complexity index is 1140. The second-order valence-corrected chi connectivity index (χ2v) is 8.18. The summed E-state index contributed by atoms with van der Waals surface area (Å²) in [4.78, 5) is 12.4. The lowest BCUT2D eigenvalue weighted by Crippen LogP contribution is -2.33. The molecule has 1 amide bonds. The zero-order valence-corrected chi connectivity index (χ0v) is 17.5. The Hall–Kier alpha value is -3.53. The number of hydrogen-bond donors (Lipinski definition) is 3. The van der Waals surface area contributed by atoms with E-state index in [0.29, 0.717) is 17.7 Å². The fourth-order valence-corrected chi connectivity index (χ4v) is 4.72. The third kappa shape index (κ3) is 2.96. The van der Waals surface area contributed by atoms with E-state index in [1.807, 2.05) is 49.4 Å². The number of aromatic hydroxyl groups is 1. The van der Waals surface area contributed by atoms with Crippen LogP contribution < -0.4 is 11.1 Å². The predicted molar refractivity (Wildman–Crippen MR) is 122 cm³/mol. The number of nitrogen functional groups attached to an aromatic ring is 1. The molecule has 0 aromatic heterocycles. The summed E-state index contributed by atoms with van der Waals surface area (Å²) in [6.45, 7) is 8.34. The van der Waals surface area contributed by atoms with E-state index in [9.17, 15) is 9.90 Å². The summed E-state index contributed by atoms with van der Waals surface area (Å²) < 4.78 is 0. The molecule has 0 heterocycles. The van der Waals surface area contributed by atoms with E-state index in [0.717, 1.165) is 39.0 Å². The van der Waals surface area contributed by atoms with Gasteiger partial charge in [0, 0.05) is 23.7 Å². The van der Waals surface area contributed by atoms with Crippen LogP contribution in [0.4, 0.5) is 5.69 Å². The largest absolute Gasteiger partial charge is 0.508 e. The first-order valence-corrected chi connectivity index (χ1v) is 9.99. The van der Waals surface area contributed by atoms with Gasteiger partial charge in [0.25, 0.3) is 5.91 Å². The molecule has 3 aromatic rings. The van der Waals surface area contributed by atoms with Crippen LogP contribution in [0.15, 0.2) is 61.2 Å². The normalized spacial score (nSPS) is 17.0. The topological polar surface area (TPSA) is 75.4 Å². The molecule has 4 heteroatoms. The van der Waals surface area contributed by atoms with Crippen molar-refractivity contribution >= 4 is 17.2 Å². The lowest BCUT2D eigenvalue weighted by Gasteiger charge is -2.40. The average molecular weight is 399 g/mol. The van der Waals surface area contributed by atoms with Crippen molar-refractivity contribution in [3.63, 3.8) is 0 Å². The number of amides is 1. The molecule has 1 atom stereocenters. The fraction of sp³-hybridized carbons (Fsp3) is 0.192. The second kappa shape index (κ2) is 7.06. The molecule has 4 rings (SSSR count). The van der Waals surface area contributed by atoms with Crippen LogP contribution in [-0.4, -0.2) is 18.1 Å². The Morgan fingerprint density at radius 3 is 2.37 bits per heavy atom. The molecule has 0 aliphatic heterocycles. The Morgan fingerprint density at radius 2 is 1.70 bits per heavy atom. The van der Waals surface area contributed by atoms with Gasteiger partial charge in [-0.25, -0.2) is 0 Å². The summed E-state index contributed by atoms with van der Waals surface area (Å²) in [5.74, 6) is 0.107. The highest BCUT2D eigenvalue weighted by atomic mass is 16.3. The van der Waals surface area contributed by atoms with Crippen molar-refractivity contribution in [3.05, 3.63) is 100 Å². The summed E-state index contributed by atoms with van der Waals surface area (Å²) in [5.41, 5.74) is 14.2. The van der Waals surface area contributed by atoms with Crippen LogP contribution in [0.5, 0.6) is 5.75 Å². The van der Waals surface area contributed by atoms with Gasteiger partial charge in [0.05, 0.1) is 0 Å². The monoisotopic (exact) mass is 398 g/mol. The number of carbonyl (C=O) groups excluding carboxylic acids is 1. The van der Waals surface area contributed by atoms with Gasteiger partial charge in [-0.2, -0.15) is 0 Å². The lowest BCUT2D eigenvalue weighted by atomic mass is 9.62. The fourth-order valence-electron chi connectivity index (χ4n) is 4.72. The van der Waals surface area contributed by atoms with E-state index >= 15 is 0 Å². The van der Waals surface area contributed by atoms with Crippen LogP contribution in [0.1, 0.15) is 57.6 Å². The number of anilines is 1. The average Bonchev–Trinajstić information content (AvgIpc) is 2.72. The number of phenolic OH excluding ortho intramolecular Hbond substituents is 1. The summed E-state index contributed by atoms with van der Waals surface area (Å²) >= 11 is 0. The van der Waals surface area contributed by atoms with Crippen LogP contribution in [-0.2, 0) is 11.8 Å². The SMILES string of the molecule is C=C(C)c1ccc(C(=O)NC)cc1C1(C)c2ccc(N)cc2Cc2cc(O)ccc21. The summed E-state index contributed by atoms with van der Waals surface area (Å²) in [7, 11) is 1.63. The molecule has 0 radical (unpaired) electrons. The van der Waals surface area contributed by atoms with Gasteiger partial charge >= 0.3 is 0 Å². The third-order valence-electron chi connectivity index (χ3n) is 6.18. The molecule has 0 spiro atoms. The van der Waals surface area contributed by atoms with Gasteiger partial charge in [-0.05, 0) is 90.0 Å². The smallest absolute Gasteiger partial charge is 0.251 e. The number of benzene rings is 3. The Kier molecular flexibility index (Phi) is 4.65. The predicted octanol–water partition coefficient (Wildman–Crippen LogP) is 4.63. The number of phenols is 1. The molecule has 3 aromatic carbocycles. The highest BCUT2D eigenvalue weighted by Gasteiger charge is 2.40. The first-order valence-electron chi connectivity index (χ1n) is 9.99. The standard InChI is InChI=1S/C26H26N2O2/c1-15(2)21-8-5-16(25(30)28-4)14-24(21)26(3)22-9-6-19(27)12-17(22)11-18-13-20(29)7-10-23(18)26/h5-10,12-14,29H,1,11,27H2,2-4H3,(H,28,30). The molecule has 0 saturated carbocycles. The quantitative estimate of drug-likeness (QED) is 0.563. The van der Waals surface area contributed by atoms with Crippen LogP contribution in [0.2, 0.25) is 0 Å². The maximum Gasteiger partial charge on any atom is 0.251 e. The van der Waals surface area contributed by atoms with Crippen molar-refractivity contribution in [2.24, 2.45) is 0 Å². The highest BCUT2D eigenvalue weighted by molar-refractivity contribution is 5.95. The van der Waals surface area contributed by atoms with Gasteiger partial charge in [-0.1, -0.05) is 30.4 Å². The van der Waals surface area contributed by atoms with E-state index in [-0.39, 0.29) is 11.7 Å². The molecular weight excluding hydrogens is 372 g/mol. The molecule has 0 bridgehead atoms. The molecule has 0 saturated heterocycles. The van der Waals surface area contributed by atoms with Crippen LogP contribution >= 0.6 is 0 Å². The van der Waals surface area contributed by atoms with Crippen molar-refractivity contribution in [1.29, 1.82) is 0 Å². The molecule has 4 nitrogen and oxygen atoms in total. The number of allylic oxidation sites excluding steroid dienone is 1. The van der Waals surface area contributed by atoms with Crippen LogP contribution in [0.3, 0.4) is 0 Å². The minimum Gasteiger partial charge on any atom is -0.508 e. The number of nitrogens with one attached hydrogen (secondary N) is 1. The Labute approximate surface area is 177 Å². The first kappa shape index (κ1) is 19.8. The van der Waals surface area contributed by atoms with Crippen molar-refractivity contribution in [2.45, 2.75) is 25.7 Å². The van der Waals surface area contributed by atoms with Crippen LogP contribution in [0.25, 0.3) is 5.57 Å². The van der Waals surface area contributed by atoms with Gasteiger partial charge in [0.15, 0.2) is 0 Å².